The molecule has 2 aliphatic rings. The summed E-state index contributed by atoms with van der Waals surface area (Å²) in [5.74, 6) is 1.73. The molecule has 0 amide bonds. The SMILES string of the molecule is CC(C)C1CCN(C2CCCC(N)(CO)C2)CC1. The Morgan fingerprint density at radius 2 is 1.94 bits per heavy atom. The molecule has 2 rings (SSSR count). The van der Waals surface area contributed by atoms with E-state index < -0.39 is 0 Å². The molecule has 3 nitrogen and oxygen atoms in total. The molecule has 1 saturated heterocycles. The summed E-state index contributed by atoms with van der Waals surface area (Å²) in [5, 5.41) is 9.44. The van der Waals surface area contributed by atoms with Crippen LogP contribution in [0.25, 0.3) is 0 Å². The third kappa shape index (κ3) is 3.25. The number of likely N-dealkylation sites (tertiary alicyclic amines) is 1. The summed E-state index contributed by atoms with van der Waals surface area (Å²) >= 11 is 0. The van der Waals surface area contributed by atoms with Crippen molar-refractivity contribution in [1.82, 2.24) is 4.90 Å². The van der Waals surface area contributed by atoms with E-state index in [0.717, 1.165) is 24.7 Å². The number of hydrogen-bond donors (Lipinski definition) is 2. The van der Waals surface area contributed by atoms with E-state index in [1.54, 1.807) is 0 Å². The van der Waals surface area contributed by atoms with Crippen LogP contribution in [0.2, 0.25) is 0 Å². The van der Waals surface area contributed by atoms with Gasteiger partial charge in [-0.2, -0.15) is 0 Å². The van der Waals surface area contributed by atoms with Crippen LogP contribution in [-0.2, 0) is 0 Å². The Labute approximate surface area is 112 Å². The van der Waals surface area contributed by atoms with Gasteiger partial charge in [0.1, 0.15) is 0 Å². The third-order valence-electron chi connectivity index (χ3n) is 5.20. The fraction of sp³-hybridized carbons (Fsp3) is 1.00. The summed E-state index contributed by atoms with van der Waals surface area (Å²) in [6, 6.07) is 0.615. The minimum absolute atomic E-state index is 0.145. The van der Waals surface area contributed by atoms with Gasteiger partial charge in [-0.05, 0) is 63.5 Å². The molecule has 1 saturated carbocycles. The topological polar surface area (TPSA) is 49.5 Å². The average molecular weight is 254 g/mol. The molecule has 2 fully saturated rings. The zero-order valence-corrected chi connectivity index (χ0v) is 12.1. The third-order valence-corrected chi connectivity index (χ3v) is 5.20. The Morgan fingerprint density at radius 1 is 1.28 bits per heavy atom. The monoisotopic (exact) mass is 254 g/mol. The summed E-state index contributed by atoms with van der Waals surface area (Å²) in [4.78, 5) is 2.63. The Morgan fingerprint density at radius 3 is 2.50 bits per heavy atom. The van der Waals surface area contributed by atoms with E-state index in [2.05, 4.69) is 18.7 Å². The number of aliphatic hydroxyl groups excluding tert-OH is 1. The van der Waals surface area contributed by atoms with E-state index in [1.165, 1.54) is 38.8 Å². The van der Waals surface area contributed by atoms with E-state index in [-0.39, 0.29) is 12.1 Å². The minimum atomic E-state index is -0.308. The molecule has 0 spiro atoms. The highest BCUT2D eigenvalue weighted by atomic mass is 16.3. The van der Waals surface area contributed by atoms with E-state index in [1.807, 2.05) is 0 Å². The van der Waals surface area contributed by atoms with Gasteiger partial charge in [-0.1, -0.05) is 13.8 Å². The van der Waals surface area contributed by atoms with Crippen molar-refractivity contribution in [2.45, 2.75) is 64.0 Å². The number of nitrogens with two attached hydrogens (primary N) is 1. The van der Waals surface area contributed by atoms with Crippen molar-refractivity contribution in [3.05, 3.63) is 0 Å². The summed E-state index contributed by atoms with van der Waals surface area (Å²) in [7, 11) is 0. The zero-order chi connectivity index (χ0) is 13.2. The maximum atomic E-state index is 9.44. The Bertz CT molecular complexity index is 261. The highest BCUT2D eigenvalue weighted by Crippen LogP contribution is 2.33. The molecule has 2 atom stereocenters. The number of aliphatic hydroxyl groups is 1. The number of nitrogens with zero attached hydrogens (tertiary/aromatic N) is 1. The quantitative estimate of drug-likeness (QED) is 0.810. The molecule has 106 valence electrons. The lowest BCUT2D eigenvalue weighted by atomic mass is 9.78. The molecule has 1 aliphatic heterocycles. The molecule has 0 bridgehead atoms. The highest BCUT2D eigenvalue weighted by Gasteiger charge is 2.36. The normalized spacial score (nSPS) is 36.2. The van der Waals surface area contributed by atoms with Crippen LogP contribution in [0.15, 0.2) is 0 Å². The minimum Gasteiger partial charge on any atom is -0.394 e. The molecule has 0 aromatic carbocycles. The van der Waals surface area contributed by atoms with Crippen molar-refractivity contribution in [3.8, 4) is 0 Å². The number of piperidine rings is 1. The molecule has 3 heteroatoms. The smallest absolute Gasteiger partial charge is 0.0611 e. The molecule has 0 radical (unpaired) electrons. The standard InChI is InChI=1S/C15H30N2O/c1-12(2)13-5-8-17(9-6-13)14-4-3-7-15(16,10-14)11-18/h12-14,18H,3-11,16H2,1-2H3. The van der Waals surface area contributed by atoms with Gasteiger partial charge in [0.2, 0.25) is 0 Å². The summed E-state index contributed by atoms with van der Waals surface area (Å²) in [6.07, 6.45) is 7.09. The first kappa shape index (κ1) is 14.3. The number of hydrogen-bond acceptors (Lipinski definition) is 3. The van der Waals surface area contributed by atoms with Crippen LogP contribution in [0, 0.1) is 11.8 Å². The van der Waals surface area contributed by atoms with E-state index in [0.29, 0.717) is 6.04 Å². The van der Waals surface area contributed by atoms with Gasteiger partial charge in [-0.15, -0.1) is 0 Å². The lowest BCUT2D eigenvalue weighted by molar-refractivity contribution is 0.0529. The van der Waals surface area contributed by atoms with Gasteiger partial charge in [-0.3, -0.25) is 0 Å². The first-order valence-corrected chi connectivity index (χ1v) is 7.68. The second kappa shape index (κ2) is 5.89. The van der Waals surface area contributed by atoms with Crippen LogP contribution in [-0.4, -0.2) is 41.3 Å². The molecular weight excluding hydrogens is 224 g/mol. The second-order valence-corrected chi connectivity index (χ2v) is 6.89. The van der Waals surface area contributed by atoms with Crippen LogP contribution in [0.1, 0.15) is 52.4 Å². The molecular formula is C15H30N2O. The van der Waals surface area contributed by atoms with Crippen molar-refractivity contribution >= 4 is 0 Å². The summed E-state index contributed by atoms with van der Waals surface area (Å²) < 4.78 is 0. The van der Waals surface area contributed by atoms with Crippen LogP contribution in [0.3, 0.4) is 0 Å². The maximum Gasteiger partial charge on any atom is 0.0611 e. The summed E-state index contributed by atoms with van der Waals surface area (Å²) in [6.45, 7) is 7.30. The van der Waals surface area contributed by atoms with E-state index >= 15 is 0 Å². The molecule has 3 N–H and O–H groups in total. The Balaban J connectivity index is 1.86. The van der Waals surface area contributed by atoms with Crippen LogP contribution in [0.4, 0.5) is 0 Å². The van der Waals surface area contributed by atoms with Gasteiger partial charge in [0.15, 0.2) is 0 Å². The van der Waals surface area contributed by atoms with Gasteiger partial charge >= 0.3 is 0 Å². The lowest BCUT2D eigenvalue weighted by Gasteiger charge is -2.45. The van der Waals surface area contributed by atoms with Crippen molar-refractivity contribution in [2.75, 3.05) is 19.7 Å². The first-order chi connectivity index (χ1) is 8.54. The molecule has 2 unspecified atom stereocenters. The fourth-order valence-electron chi connectivity index (χ4n) is 3.77. The Hall–Kier alpha value is -0.120. The van der Waals surface area contributed by atoms with E-state index in [9.17, 15) is 5.11 Å². The Kier molecular flexibility index (Phi) is 4.68. The predicted octanol–water partition coefficient (Wildman–Crippen LogP) is 1.99. The largest absolute Gasteiger partial charge is 0.394 e. The average Bonchev–Trinajstić information content (AvgIpc) is 2.39. The first-order valence-electron chi connectivity index (χ1n) is 7.68. The lowest BCUT2D eigenvalue weighted by Crippen LogP contribution is -2.54. The van der Waals surface area contributed by atoms with Crippen LogP contribution < -0.4 is 5.73 Å². The molecule has 0 aromatic rings. The van der Waals surface area contributed by atoms with Gasteiger partial charge < -0.3 is 15.7 Å². The molecule has 18 heavy (non-hydrogen) atoms. The van der Waals surface area contributed by atoms with Crippen molar-refractivity contribution < 1.29 is 5.11 Å². The zero-order valence-electron chi connectivity index (χ0n) is 12.1. The van der Waals surface area contributed by atoms with Crippen molar-refractivity contribution in [3.63, 3.8) is 0 Å². The van der Waals surface area contributed by atoms with E-state index in [4.69, 9.17) is 5.73 Å². The van der Waals surface area contributed by atoms with Crippen LogP contribution >= 0.6 is 0 Å². The maximum absolute atomic E-state index is 9.44. The van der Waals surface area contributed by atoms with Gasteiger partial charge in [0, 0.05) is 11.6 Å². The van der Waals surface area contributed by atoms with Crippen molar-refractivity contribution in [2.24, 2.45) is 17.6 Å². The number of rotatable bonds is 3. The van der Waals surface area contributed by atoms with Gasteiger partial charge in [-0.25, -0.2) is 0 Å². The summed E-state index contributed by atoms with van der Waals surface area (Å²) in [5.41, 5.74) is 5.95. The van der Waals surface area contributed by atoms with Crippen LogP contribution in [0.5, 0.6) is 0 Å². The molecule has 1 heterocycles. The second-order valence-electron chi connectivity index (χ2n) is 6.89. The molecule has 1 aliphatic carbocycles. The van der Waals surface area contributed by atoms with Gasteiger partial charge in [0.05, 0.1) is 6.61 Å². The highest BCUT2D eigenvalue weighted by molar-refractivity contribution is 4.94. The predicted molar refractivity (Wildman–Crippen MR) is 75.4 cm³/mol. The fourth-order valence-corrected chi connectivity index (χ4v) is 3.77. The molecule has 0 aromatic heterocycles. The van der Waals surface area contributed by atoms with Crippen molar-refractivity contribution in [1.29, 1.82) is 0 Å². The van der Waals surface area contributed by atoms with Gasteiger partial charge in [0.25, 0.3) is 0 Å².